The molecule has 3 aliphatic heterocycles. The fourth-order valence-electron chi connectivity index (χ4n) is 3.55. The smallest absolute Gasteiger partial charge is 0.322 e. The molecule has 0 saturated carbocycles. The molecular weight excluding hydrogens is 429 g/mol. The molecule has 2 bridgehead atoms. The van der Waals surface area contributed by atoms with Gasteiger partial charge in [0.15, 0.2) is 5.75 Å². The number of ether oxygens (including phenoxy) is 4. The van der Waals surface area contributed by atoms with Crippen molar-refractivity contribution in [3.8, 4) is 5.75 Å². The molecule has 0 amide bonds. The number of para-hydroxylation sites is 2. The van der Waals surface area contributed by atoms with Gasteiger partial charge in [-0.3, -0.25) is 9.97 Å². The largest absolute Gasteiger partial charge is 0.609 e. The van der Waals surface area contributed by atoms with E-state index in [1.54, 1.807) is 13.1 Å². The maximum absolute atomic E-state index is 12.9. The molecule has 0 spiro atoms. The number of rotatable bonds is 6. The van der Waals surface area contributed by atoms with Gasteiger partial charge in [-0.15, -0.1) is 0 Å². The van der Waals surface area contributed by atoms with Gasteiger partial charge < -0.3 is 23.5 Å². The number of imidazole rings is 1. The van der Waals surface area contributed by atoms with Crippen molar-refractivity contribution >= 4 is 51.8 Å². The van der Waals surface area contributed by atoms with Gasteiger partial charge in [-0.05, 0) is 25.1 Å². The molecule has 2 aromatic heterocycles. The molecule has 3 fully saturated rings. The average Bonchev–Trinajstić information content (AvgIpc) is 3.20. The van der Waals surface area contributed by atoms with Crippen molar-refractivity contribution in [2.45, 2.75) is 30.7 Å². The minimum absolute atomic E-state index is 0. The van der Waals surface area contributed by atoms with Crippen LogP contribution in [-0.4, -0.2) is 81.5 Å². The number of aromatic amines is 1. The van der Waals surface area contributed by atoms with Crippen molar-refractivity contribution in [3.05, 3.63) is 47.8 Å². The van der Waals surface area contributed by atoms with Crippen LogP contribution >= 0.6 is 0 Å². The van der Waals surface area contributed by atoms with E-state index < -0.39 is 17.1 Å². The number of pyridine rings is 1. The minimum atomic E-state index is -1.35. The molecule has 3 saturated heterocycles. The topological polar surface area (TPSA) is 102 Å². The molecule has 1 unspecified atom stereocenters. The molecular formula is C21H23N3NaO5S. The zero-order valence-corrected chi connectivity index (χ0v) is 20.7. The maximum Gasteiger partial charge on any atom is 0.322 e. The fourth-order valence-corrected chi connectivity index (χ4v) is 4.65. The van der Waals surface area contributed by atoms with Crippen molar-refractivity contribution < 1.29 is 23.5 Å². The molecule has 1 aromatic carbocycles. The van der Waals surface area contributed by atoms with Gasteiger partial charge >= 0.3 is 5.16 Å². The number of nitrogens with zero attached hydrogens (tertiary/aromatic N) is 2. The van der Waals surface area contributed by atoms with Crippen LogP contribution in [0.4, 0.5) is 0 Å². The number of nitrogens with one attached hydrogen (secondary N) is 1. The first-order valence-electron chi connectivity index (χ1n) is 9.78. The van der Waals surface area contributed by atoms with Gasteiger partial charge in [-0.2, -0.15) is 4.98 Å². The van der Waals surface area contributed by atoms with Crippen molar-refractivity contribution in [1.82, 2.24) is 15.0 Å². The Kier molecular flexibility index (Phi) is 6.67. The molecule has 0 aliphatic carbocycles. The van der Waals surface area contributed by atoms with Crippen molar-refractivity contribution in [2.24, 2.45) is 5.41 Å². The molecule has 5 heterocycles. The zero-order valence-electron chi connectivity index (χ0n) is 17.8. The molecule has 31 heavy (non-hydrogen) atoms. The predicted octanol–water partition coefficient (Wildman–Crippen LogP) is 2.31. The summed E-state index contributed by atoms with van der Waals surface area (Å²) in [6.45, 7) is 5.68. The van der Waals surface area contributed by atoms with Crippen LogP contribution in [0.2, 0.25) is 0 Å². The van der Waals surface area contributed by atoms with Crippen LogP contribution in [0.1, 0.15) is 18.2 Å². The third-order valence-electron chi connectivity index (χ3n) is 5.57. The monoisotopic (exact) mass is 452 g/mol. The van der Waals surface area contributed by atoms with E-state index in [0.717, 1.165) is 16.6 Å². The third-order valence-corrected chi connectivity index (χ3v) is 6.73. The standard InChI is InChI=1S/C21H23N3O5S.Na/c1-14-17(9-30(25)19-23-15-5-3-4-6-16(15)24-19)22-8-7-18(14)26-10-21-11-27-20(2,28-12-21)29-13-21;/h3-8H,9-13H2,1-2H3,(H,23,24);. The number of hydrogen-bond acceptors (Lipinski definition) is 7. The van der Waals surface area contributed by atoms with Crippen LogP contribution in [0.15, 0.2) is 41.7 Å². The molecule has 6 rings (SSSR count). The van der Waals surface area contributed by atoms with Gasteiger partial charge in [-0.25, -0.2) is 0 Å². The number of hydrogen-bond donors (Lipinski definition) is 1. The van der Waals surface area contributed by atoms with Crippen molar-refractivity contribution in [1.29, 1.82) is 0 Å². The normalized spacial score (nSPS) is 25.9. The first-order chi connectivity index (χ1) is 14.5. The Morgan fingerprint density at radius 1 is 1.16 bits per heavy atom. The van der Waals surface area contributed by atoms with E-state index in [2.05, 4.69) is 15.0 Å². The van der Waals surface area contributed by atoms with E-state index in [1.165, 1.54) is 0 Å². The maximum atomic E-state index is 12.9. The summed E-state index contributed by atoms with van der Waals surface area (Å²) in [5.41, 5.74) is 2.91. The van der Waals surface area contributed by atoms with Crippen LogP contribution in [0.3, 0.4) is 0 Å². The molecule has 3 aromatic rings. The SMILES string of the molecule is Cc1c(OCC23COC(C)(OC2)OC3)ccnc1C[S+]([O-])c1nc2ccccc2[nH]1.[Na]. The van der Waals surface area contributed by atoms with Crippen LogP contribution < -0.4 is 4.74 Å². The van der Waals surface area contributed by atoms with Crippen LogP contribution in [0.25, 0.3) is 11.0 Å². The second-order valence-corrected chi connectivity index (χ2v) is 9.31. The summed E-state index contributed by atoms with van der Waals surface area (Å²) in [5.74, 6) is 0.0269. The summed E-state index contributed by atoms with van der Waals surface area (Å²) >= 11 is -1.35. The van der Waals surface area contributed by atoms with Gasteiger partial charge in [0.25, 0.3) is 5.97 Å². The second kappa shape index (κ2) is 8.99. The molecule has 3 aliphatic rings. The van der Waals surface area contributed by atoms with E-state index in [-0.39, 0.29) is 40.7 Å². The Morgan fingerprint density at radius 2 is 1.87 bits per heavy atom. The predicted molar refractivity (Wildman–Crippen MR) is 115 cm³/mol. The van der Waals surface area contributed by atoms with Gasteiger partial charge in [-0.1, -0.05) is 12.1 Å². The fraction of sp³-hybridized carbons (Fsp3) is 0.429. The third kappa shape index (κ3) is 4.65. The molecule has 1 atom stereocenters. The Morgan fingerprint density at radius 3 is 2.58 bits per heavy atom. The first-order valence-corrected chi connectivity index (χ1v) is 11.1. The molecule has 1 N–H and O–H groups in total. The molecule has 10 heteroatoms. The molecule has 159 valence electrons. The minimum Gasteiger partial charge on any atom is -0.609 e. The Hall–Kier alpha value is -1.17. The summed E-state index contributed by atoms with van der Waals surface area (Å²) in [5, 5.41) is 0.446. The Labute approximate surface area is 205 Å². The van der Waals surface area contributed by atoms with E-state index in [4.69, 9.17) is 18.9 Å². The number of fused-ring (bicyclic) bond motifs is 4. The second-order valence-electron chi connectivity index (χ2n) is 7.95. The van der Waals surface area contributed by atoms with Crippen LogP contribution in [-0.2, 0) is 31.1 Å². The summed E-state index contributed by atoms with van der Waals surface area (Å²) in [6.07, 6.45) is 1.67. The van der Waals surface area contributed by atoms with E-state index >= 15 is 0 Å². The van der Waals surface area contributed by atoms with E-state index in [0.29, 0.717) is 43.0 Å². The van der Waals surface area contributed by atoms with Crippen molar-refractivity contribution in [2.75, 3.05) is 26.4 Å². The number of aromatic nitrogens is 3. The van der Waals surface area contributed by atoms with Crippen molar-refractivity contribution in [3.63, 3.8) is 0 Å². The average molecular weight is 452 g/mol. The van der Waals surface area contributed by atoms with Gasteiger partial charge in [0.05, 0.1) is 42.0 Å². The Bertz CT molecular complexity index is 1020. The summed E-state index contributed by atoms with van der Waals surface area (Å²) in [7, 11) is 0. The van der Waals surface area contributed by atoms with E-state index in [1.807, 2.05) is 37.3 Å². The van der Waals surface area contributed by atoms with Gasteiger partial charge in [0.2, 0.25) is 0 Å². The van der Waals surface area contributed by atoms with Crippen LogP contribution in [0, 0.1) is 12.3 Å². The number of benzene rings is 1. The summed E-state index contributed by atoms with van der Waals surface area (Å²) < 4.78 is 35.9. The number of H-pyrrole nitrogens is 1. The Balaban J connectivity index is 0.00000231. The van der Waals surface area contributed by atoms with Gasteiger partial charge in [0.1, 0.15) is 12.4 Å². The van der Waals surface area contributed by atoms with E-state index in [9.17, 15) is 4.55 Å². The molecule has 1 radical (unpaired) electrons. The van der Waals surface area contributed by atoms with Gasteiger partial charge in [0, 0.05) is 59.4 Å². The molecule has 8 nitrogen and oxygen atoms in total. The first kappa shape index (κ1) is 23.0. The summed E-state index contributed by atoms with van der Waals surface area (Å²) in [6, 6.07) is 9.44. The van der Waals surface area contributed by atoms with Crippen LogP contribution in [0.5, 0.6) is 5.75 Å². The quantitative estimate of drug-likeness (QED) is 0.452. The zero-order chi connectivity index (χ0) is 20.8. The summed E-state index contributed by atoms with van der Waals surface area (Å²) in [4.78, 5) is 12.0.